The van der Waals surface area contributed by atoms with Gasteiger partial charge in [-0.2, -0.15) is 0 Å². The molecule has 0 atom stereocenters. The van der Waals surface area contributed by atoms with Gasteiger partial charge in [-0.3, -0.25) is 10.1 Å². The highest BCUT2D eigenvalue weighted by atomic mass is 35.5. The fourth-order valence-electron chi connectivity index (χ4n) is 1.40. The number of aromatic nitrogens is 2. The number of halogens is 2. The maximum absolute atomic E-state index is 11.8. The first-order valence-corrected chi connectivity index (χ1v) is 8.77. The highest BCUT2D eigenvalue weighted by molar-refractivity contribution is 8.01. The van der Waals surface area contributed by atoms with Crippen molar-refractivity contribution in [3.8, 4) is 5.75 Å². The van der Waals surface area contributed by atoms with Crippen LogP contribution in [-0.4, -0.2) is 28.0 Å². The van der Waals surface area contributed by atoms with Crippen molar-refractivity contribution in [2.24, 2.45) is 0 Å². The van der Waals surface area contributed by atoms with Crippen LogP contribution in [0.15, 0.2) is 22.5 Å². The summed E-state index contributed by atoms with van der Waals surface area (Å²) in [5.74, 6) is 0.0674. The standard InChI is InChI=1S/C13H13Cl2N3O2S2/c1-7(2)21-13-18-17-12(22-13)16-11(19)6-20-10-4-3-8(14)5-9(10)15/h3-5,7H,6H2,1-2H3,(H,16,17,19). The molecule has 0 aliphatic carbocycles. The molecule has 118 valence electrons. The van der Waals surface area contributed by atoms with Gasteiger partial charge in [0.25, 0.3) is 5.91 Å². The Morgan fingerprint density at radius 3 is 2.86 bits per heavy atom. The Balaban J connectivity index is 1.86. The molecule has 22 heavy (non-hydrogen) atoms. The molecule has 9 heteroatoms. The molecule has 2 aromatic rings. The summed E-state index contributed by atoms with van der Waals surface area (Å²) in [5, 5.41) is 12.2. The van der Waals surface area contributed by atoms with E-state index in [-0.39, 0.29) is 12.5 Å². The van der Waals surface area contributed by atoms with Crippen LogP contribution >= 0.6 is 46.3 Å². The lowest BCUT2D eigenvalue weighted by atomic mass is 10.3. The molecule has 0 aliphatic heterocycles. The van der Waals surface area contributed by atoms with Gasteiger partial charge in [0.15, 0.2) is 10.9 Å². The molecule has 1 N–H and O–H groups in total. The third kappa shape index (κ3) is 5.31. The molecular formula is C13H13Cl2N3O2S2. The van der Waals surface area contributed by atoms with Crippen molar-refractivity contribution in [2.75, 3.05) is 11.9 Å². The predicted octanol–water partition coefficient (Wildman–Crippen LogP) is 4.36. The second-order valence-electron chi connectivity index (χ2n) is 4.45. The number of ether oxygens (including phenoxy) is 1. The Kier molecular flexibility index (Phi) is 6.31. The normalized spacial score (nSPS) is 10.8. The third-order valence-electron chi connectivity index (χ3n) is 2.24. The van der Waals surface area contributed by atoms with E-state index in [1.54, 1.807) is 30.0 Å². The third-order valence-corrected chi connectivity index (χ3v) is 4.70. The smallest absolute Gasteiger partial charge is 0.264 e. The van der Waals surface area contributed by atoms with Gasteiger partial charge < -0.3 is 4.74 Å². The first-order valence-electron chi connectivity index (χ1n) is 6.32. The van der Waals surface area contributed by atoms with E-state index in [2.05, 4.69) is 29.4 Å². The Morgan fingerprint density at radius 2 is 2.18 bits per heavy atom. The molecule has 0 aliphatic rings. The molecular weight excluding hydrogens is 365 g/mol. The van der Waals surface area contributed by atoms with Crippen molar-refractivity contribution in [3.05, 3.63) is 28.2 Å². The lowest BCUT2D eigenvalue weighted by Crippen LogP contribution is -2.20. The van der Waals surface area contributed by atoms with Crippen LogP contribution in [0.4, 0.5) is 5.13 Å². The number of nitrogens with zero attached hydrogens (tertiary/aromatic N) is 2. The summed E-state index contributed by atoms with van der Waals surface area (Å²) in [7, 11) is 0. The van der Waals surface area contributed by atoms with Crippen LogP contribution in [0.25, 0.3) is 0 Å². The van der Waals surface area contributed by atoms with Gasteiger partial charge in [-0.05, 0) is 18.2 Å². The Hall–Kier alpha value is -1.02. The SMILES string of the molecule is CC(C)Sc1nnc(NC(=O)COc2ccc(Cl)cc2Cl)s1. The van der Waals surface area contributed by atoms with Gasteiger partial charge in [-0.1, -0.05) is 60.1 Å². The molecule has 0 radical (unpaired) electrons. The van der Waals surface area contributed by atoms with Crippen molar-refractivity contribution >= 4 is 57.3 Å². The molecule has 0 unspecified atom stereocenters. The summed E-state index contributed by atoms with van der Waals surface area (Å²) in [6.07, 6.45) is 0. The molecule has 0 bridgehead atoms. The fraction of sp³-hybridized carbons (Fsp3) is 0.308. The Bertz CT molecular complexity index is 664. The van der Waals surface area contributed by atoms with Crippen molar-refractivity contribution in [1.29, 1.82) is 0 Å². The number of anilines is 1. The number of carbonyl (C=O) groups excluding carboxylic acids is 1. The first kappa shape index (κ1) is 17.3. The van der Waals surface area contributed by atoms with Crippen LogP contribution in [0.2, 0.25) is 10.0 Å². The number of amides is 1. The zero-order valence-corrected chi connectivity index (χ0v) is 14.9. The molecule has 1 heterocycles. The van der Waals surface area contributed by atoms with E-state index < -0.39 is 0 Å². The van der Waals surface area contributed by atoms with E-state index in [1.165, 1.54) is 11.3 Å². The minimum atomic E-state index is -0.330. The monoisotopic (exact) mass is 377 g/mol. The van der Waals surface area contributed by atoms with Crippen molar-refractivity contribution in [3.63, 3.8) is 0 Å². The number of thioether (sulfide) groups is 1. The molecule has 2 rings (SSSR count). The summed E-state index contributed by atoms with van der Waals surface area (Å²) in [5.41, 5.74) is 0. The van der Waals surface area contributed by atoms with Crippen molar-refractivity contribution < 1.29 is 9.53 Å². The maximum Gasteiger partial charge on any atom is 0.264 e. The average molecular weight is 378 g/mol. The topological polar surface area (TPSA) is 64.1 Å². The second kappa shape index (κ2) is 8.01. The second-order valence-corrected chi connectivity index (χ2v) is 8.10. The number of hydrogen-bond acceptors (Lipinski definition) is 6. The van der Waals surface area contributed by atoms with Crippen LogP contribution in [0, 0.1) is 0 Å². The summed E-state index contributed by atoms with van der Waals surface area (Å²) < 4.78 is 6.16. The predicted molar refractivity (Wildman–Crippen MR) is 91.5 cm³/mol. The van der Waals surface area contributed by atoms with Crippen LogP contribution in [-0.2, 0) is 4.79 Å². The van der Waals surface area contributed by atoms with E-state index in [1.807, 2.05) is 0 Å². The van der Waals surface area contributed by atoms with Gasteiger partial charge in [0.05, 0.1) is 5.02 Å². The zero-order valence-electron chi connectivity index (χ0n) is 11.8. The molecule has 0 saturated heterocycles. The average Bonchev–Trinajstić information content (AvgIpc) is 2.84. The summed E-state index contributed by atoms with van der Waals surface area (Å²) >= 11 is 14.7. The minimum Gasteiger partial charge on any atom is -0.482 e. The fourth-order valence-corrected chi connectivity index (χ4v) is 3.85. The summed E-state index contributed by atoms with van der Waals surface area (Å²) in [4.78, 5) is 11.8. The largest absolute Gasteiger partial charge is 0.482 e. The molecule has 1 aromatic heterocycles. The number of nitrogens with one attached hydrogen (secondary N) is 1. The first-order chi connectivity index (χ1) is 10.4. The van der Waals surface area contributed by atoms with Crippen molar-refractivity contribution in [2.45, 2.75) is 23.4 Å². The van der Waals surface area contributed by atoms with E-state index in [0.29, 0.717) is 26.2 Å². The van der Waals surface area contributed by atoms with Gasteiger partial charge in [-0.15, -0.1) is 10.2 Å². The molecule has 0 saturated carbocycles. The van der Waals surface area contributed by atoms with Crippen LogP contribution in [0.5, 0.6) is 5.75 Å². The van der Waals surface area contributed by atoms with Gasteiger partial charge in [0, 0.05) is 10.3 Å². The molecule has 5 nitrogen and oxygen atoms in total. The van der Waals surface area contributed by atoms with Crippen molar-refractivity contribution in [1.82, 2.24) is 10.2 Å². The van der Waals surface area contributed by atoms with Gasteiger partial charge in [-0.25, -0.2) is 0 Å². The highest BCUT2D eigenvalue weighted by Gasteiger charge is 2.11. The molecule has 1 aromatic carbocycles. The van der Waals surface area contributed by atoms with Crippen LogP contribution in [0.1, 0.15) is 13.8 Å². The van der Waals surface area contributed by atoms with Gasteiger partial charge >= 0.3 is 0 Å². The molecule has 1 amide bonds. The number of carbonyl (C=O) groups is 1. The summed E-state index contributed by atoms with van der Waals surface area (Å²) in [6, 6.07) is 4.80. The van der Waals surface area contributed by atoms with E-state index in [0.717, 1.165) is 4.34 Å². The number of benzene rings is 1. The van der Waals surface area contributed by atoms with E-state index >= 15 is 0 Å². The van der Waals surface area contributed by atoms with Crippen LogP contribution < -0.4 is 10.1 Å². The lowest BCUT2D eigenvalue weighted by Gasteiger charge is -2.07. The zero-order chi connectivity index (χ0) is 16.1. The number of hydrogen-bond donors (Lipinski definition) is 1. The van der Waals surface area contributed by atoms with E-state index in [4.69, 9.17) is 27.9 Å². The Morgan fingerprint density at radius 1 is 1.41 bits per heavy atom. The van der Waals surface area contributed by atoms with E-state index in [9.17, 15) is 4.79 Å². The lowest BCUT2D eigenvalue weighted by molar-refractivity contribution is -0.118. The van der Waals surface area contributed by atoms with Gasteiger partial charge in [0.1, 0.15) is 5.75 Å². The molecule has 0 spiro atoms. The molecule has 0 fully saturated rings. The maximum atomic E-state index is 11.8. The van der Waals surface area contributed by atoms with Crippen LogP contribution in [0.3, 0.4) is 0 Å². The highest BCUT2D eigenvalue weighted by Crippen LogP contribution is 2.29. The summed E-state index contributed by atoms with van der Waals surface area (Å²) in [6.45, 7) is 3.95. The quantitative estimate of drug-likeness (QED) is 0.598. The minimum absolute atomic E-state index is 0.173. The van der Waals surface area contributed by atoms with Gasteiger partial charge in [0.2, 0.25) is 5.13 Å². The number of rotatable bonds is 6. The Labute approximate surface area is 146 Å².